The first-order chi connectivity index (χ1) is 4.29. The van der Waals surface area contributed by atoms with Crippen LogP contribution in [0.2, 0.25) is 0 Å². The van der Waals surface area contributed by atoms with Gasteiger partial charge in [0.15, 0.2) is 0 Å². The Kier molecular flexibility index (Phi) is 1.53. The summed E-state index contributed by atoms with van der Waals surface area (Å²) in [4.78, 5) is 10.5. The standard InChI is InChI=1S/C6H9NO2/c1-2-4-3-5(4)6(8)7-9/h2,4-5,9H,1,3H2,(H,7,8)/t4-,5+/m1/s1. The molecule has 1 fully saturated rings. The Morgan fingerprint density at radius 1 is 1.89 bits per heavy atom. The Labute approximate surface area is 53.3 Å². The van der Waals surface area contributed by atoms with E-state index in [-0.39, 0.29) is 17.7 Å². The van der Waals surface area contributed by atoms with Gasteiger partial charge >= 0.3 is 0 Å². The lowest BCUT2D eigenvalue weighted by Crippen LogP contribution is -2.20. The predicted molar refractivity (Wildman–Crippen MR) is 31.7 cm³/mol. The lowest BCUT2D eigenvalue weighted by molar-refractivity contribution is -0.130. The number of hydroxylamine groups is 1. The van der Waals surface area contributed by atoms with Crippen LogP contribution in [-0.4, -0.2) is 11.1 Å². The van der Waals surface area contributed by atoms with Gasteiger partial charge in [-0.15, -0.1) is 6.58 Å². The second kappa shape index (κ2) is 2.19. The summed E-state index contributed by atoms with van der Waals surface area (Å²) in [6.07, 6.45) is 2.57. The topological polar surface area (TPSA) is 49.3 Å². The van der Waals surface area contributed by atoms with E-state index in [1.165, 1.54) is 0 Å². The summed E-state index contributed by atoms with van der Waals surface area (Å²) in [5.41, 5.74) is 1.60. The largest absolute Gasteiger partial charge is 0.289 e. The number of nitrogens with one attached hydrogen (secondary N) is 1. The third-order valence-corrected chi connectivity index (χ3v) is 1.59. The van der Waals surface area contributed by atoms with Gasteiger partial charge in [-0.2, -0.15) is 0 Å². The molecule has 2 N–H and O–H groups in total. The van der Waals surface area contributed by atoms with Crippen LogP contribution in [0.15, 0.2) is 12.7 Å². The van der Waals surface area contributed by atoms with E-state index in [0.717, 1.165) is 6.42 Å². The summed E-state index contributed by atoms with van der Waals surface area (Å²) >= 11 is 0. The van der Waals surface area contributed by atoms with Crippen molar-refractivity contribution in [2.45, 2.75) is 6.42 Å². The van der Waals surface area contributed by atoms with Crippen molar-refractivity contribution in [1.82, 2.24) is 5.48 Å². The summed E-state index contributed by atoms with van der Waals surface area (Å²) in [6, 6.07) is 0. The molecule has 3 heteroatoms. The van der Waals surface area contributed by atoms with Gasteiger partial charge in [0.25, 0.3) is 0 Å². The molecule has 0 aliphatic heterocycles. The maximum atomic E-state index is 10.5. The molecule has 0 unspecified atom stereocenters. The lowest BCUT2D eigenvalue weighted by Gasteiger charge is -1.91. The molecule has 1 amide bonds. The summed E-state index contributed by atoms with van der Waals surface area (Å²) in [5.74, 6) is -0.0236. The van der Waals surface area contributed by atoms with Crippen molar-refractivity contribution in [1.29, 1.82) is 0 Å². The zero-order valence-corrected chi connectivity index (χ0v) is 5.00. The summed E-state index contributed by atoms with van der Waals surface area (Å²) in [7, 11) is 0. The Morgan fingerprint density at radius 2 is 2.56 bits per heavy atom. The highest BCUT2D eigenvalue weighted by Crippen LogP contribution is 2.38. The van der Waals surface area contributed by atoms with Crippen LogP contribution in [0.4, 0.5) is 0 Å². The van der Waals surface area contributed by atoms with Gasteiger partial charge in [-0.3, -0.25) is 10.0 Å². The molecular weight excluding hydrogens is 118 g/mol. The summed E-state index contributed by atoms with van der Waals surface area (Å²) < 4.78 is 0. The van der Waals surface area contributed by atoms with E-state index < -0.39 is 0 Å². The molecule has 0 aromatic heterocycles. The fourth-order valence-corrected chi connectivity index (χ4v) is 0.860. The highest BCUT2D eigenvalue weighted by molar-refractivity contribution is 5.80. The van der Waals surface area contributed by atoms with Gasteiger partial charge in [-0.1, -0.05) is 6.08 Å². The second-order valence-corrected chi connectivity index (χ2v) is 2.22. The molecule has 9 heavy (non-hydrogen) atoms. The smallest absolute Gasteiger partial charge is 0.247 e. The van der Waals surface area contributed by atoms with Crippen LogP contribution < -0.4 is 5.48 Å². The lowest BCUT2D eigenvalue weighted by atomic mass is 10.3. The Hall–Kier alpha value is -0.830. The highest BCUT2D eigenvalue weighted by atomic mass is 16.5. The van der Waals surface area contributed by atoms with Gasteiger partial charge in [0, 0.05) is 5.92 Å². The van der Waals surface area contributed by atoms with Crippen LogP contribution in [0.3, 0.4) is 0 Å². The number of allylic oxidation sites excluding steroid dienone is 1. The maximum absolute atomic E-state index is 10.5. The molecule has 1 rings (SSSR count). The highest BCUT2D eigenvalue weighted by Gasteiger charge is 2.40. The Balaban J connectivity index is 2.33. The van der Waals surface area contributed by atoms with Crippen molar-refractivity contribution in [3.05, 3.63) is 12.7 Å². The van der Waals surface area contributed by atoms with Gasteiger partial charge in [0.1, 0.15) is 0 Å². The average Bonchev–Trinajstić information content (AvgIpc) is 2.64. The van der Waals surface area contributed by atoms with Gasteiger partial charge < -0.3 is 0 Å². The quantitative estimate of drug-likeness (QED) is 0.318. The van der Waals surface area contributed by atoms with Crippen LogP contribution in [-0.2, 0) is 4.79 Å². The first-order valence-corrected chi connectivity index (χ1v) is 2.86. The molecule has 0 spiro atoms. The van der Waals surface area contributed by atoms with E-state index in [2.05, 4.69) is 6.58 Å². The second-order valence-electron chi connectivity index (χ2n) is 2.22. The van der Waals surface area contributed by atoms with Crippen LogP contribution in [0.25, 0.3) is 0 Å². The molecule has 0 aromatic rings. The molecule has 0 radical (unpaired) electrons. The van der Waals surface area contributed by atoms with Crippen molar-refractivity contribution in [2.75, 3.05) is 0 Å². The molecular formula is C6H9NO2. The number of carbonyl (C=O) groups is 1. The summed E-state index contributed by atoms with van der Waals surface area (Å²) in [6.45, 7) is 3.53. The van der Waals surface area contributed by atoms with E-state index in [0.29, 0.717) is 0 Å². The zero-order valence-electron chi connectivity index (χ0n) is 5.00. The molecule has 0 saturated heterocycles. The fraction of sp³-hybridized carbons (Fsp3) is 0.500. The normalized spacial score (nSPS) is 31.2. The van der Waals surface area contributed by atoms with E-state index >= 15 is 0 Å². The Morgan fingerprint density at radius 3 is 2.89 bits per heavy atom. The van der Waals surface area contributed by atoms with Crippen molar-refractivity contribution < 1.29 is 10.0 Å². The van der Waals surface area contributed by atoms with Crippen LogP contribution in [0, 0.1) is 11.8 Å². The number of hydrogen-bond acceptors (Lipinski definition) is 2. The third-order valence-electron chi connectivity index (χ3n) is 1.59. The SMILES string of the molecule is C=C[C@@H]1C[C@@H]1C(=O)NO. The minimum Gasteiger partial charge on any atom is -0.289 e. The van der Waals surface area contributed by atoms with Crippen molar-refractivity contribution >= 4 is 5.91 Å². The number of carbonyl (C=O) groups excluding carboxylic acids is 1. The van der Waals surface area contributed by atoms with Gasteiger partial charge in [0.05, 0.1) is 0 Å². The van der Waals surface area contributed by atoms with E-state index in [1.807, 2.05) is 0 Å². The Bertz CT molecular complexity index is 144. The average molecular weight is 127 g/mol. The first kappa shape index (κ1) is 6.29. The molecule has 0 aromatic carbocycles. The van der Waals surface area contributed by atoms with Crippen molar-refractivity contribution in [2.24, 2.45) is 11.8 Å². The monoisotopic (exact) mass is 127 g/mol. The minimum absolute atomic E-state index is 0.0208. The third kappa shape index (κ3) is 1.10. The van der Waals surface area contributed by atoms with E-state index in [1.54, 1.807) is 11.6 Å². The van der Waals surface area contributed by atoms with Gasteiger partial charge in [0.2, 0.25) is 5.91 Å². The molecule has 50 valence electrons. The molecule has 3 nitrogen and oxygen atoms in total. The number of rotatable bonds is 2. The molecule has 1 aliphatic carbocycles. The first-order valence-electron chi connectivity index (χ1n) is 2.86. The number of amides is 1. The van der Waals surface area contributed by atoms with E-state index in [9.17, 15) is 4.79 Å². The van der Waals surface area contributed by atoms with E-state index in [4.69, 9.17) is 5.21 Å². The molecule has 1 saturated carbocycles. The van der Waals surface area contributed by atoms with Crippen LogP contribution >= 0.6 is 0 Å². The predicted octanol–water partition coefficient (Wildman–Crippen LogP) is 0.314. The molecule has 2 atom stereocenters. The minimum atomic E-state index is -0.292. The van der Waals surface area contributed by atoms with Gasteiger partial charge in [-0.25, -0.2) is 5.48 Å². The van der Waals surface area contributed by atoms with Crippen molar-refractivity contribution in [3.8, 4) is 0 Å². The van der Waals surface area contributed by atoms with Crippen LogP contribution in [0.1, 0.15) is 6.42 Å². The maximum Gasteiger partial charge on any atom is 0.247 e. The van der Waals surface area contributed by atoms with Gasteiger partial charge in [-0.05, 0) is 12.3 Å². The zero-order chi connectivity index (χ0) is 6.85. The molecule has 0 heterocycles. The fourth-order valence-electron chi connectivity index (χ4n) is 0.860. The molecule has 0 bridgehead atoms. The summed E-state index contributed by atoms with van der Waals surface area (Å²) in [5, 5.41) is 8.12. The number of hydrogen-bond donors (Lipinski definition) is 2. The van der Waals surface area contributed by atoms with Crippen LogP contribution in [0.5, 0.6) is 0 Å². The molecule has 1 aliphatic rings. The van der Waals surface area contributed by atoms with Crippen molar-refractivity contribution in [3.63, 3.8) is 0 Å².